The van der Waals surface area contributed by atoms with Crippen LogP contribution >= 0.6 is 11.8 Å². The van der Waals surface area contributed by atoms with Gasteiger partial charge in [0.05, 0.1) is 6.10 Å². The maximum Gasteiger partial charge on any atom is 0.321 e. The molecule has 2 heterocycles. The molecule has 0 unspecified atom stereocenters. The van der Waals surface area contributed by atoms with Gasteiger partial charge in [0, 0.05) is 49.1 Å². The molecular weight excluding hydrogens is 310 g/mol. The normalized spacial score (nSPS) is 22.1. The van der Waals surface area contributed by atoms with Crippen LogP contribution in [-0.2, 0) is 0 Å². The molecule has 2 amide bonds. The third kappa shape index (κ3) is 4.12. The molecule has 0 aliphatic carbocycles. The molecule has 23 heavy (non-hydrogen) atoms. The fourth-order valence-corrected chi connectivity index (χ4v) is 4.14. The van der Waals surface area contributed by atoms with E-state index in [1.54, 1.807) is 4.90 Å². The molecule has 0 radical (unpaired) electrons. The van der Waals surface area contributed by atoms with Crippen LogP contribution in [0.3, 0.4) is 0 Å². The van der Waals surface area contributed by atoms with E-state index in [0.29, 0.717) is 13.1 Å². The number of aliphatic hydroxyl groups is 1. The van der Waals surface area contributed by atoms with Crippen molar-refractivity contribution in [2.45, 2.75) is 25.9 Å². The molecule has 2 fully saturated rings. The Labute approximate surface area is 142 Å². The van der Waals surface area contributed by atoms with E-state index in [1.165, 1.54) is 22.8 Å². The number of amides is 2. The Hall–Kier alpha value is -1.40. The van der Waals surface area contributed by atoms with E-state index >= 15 is 0 Å². The first-order chi connectivity index (χ1) is 11.1. The second-order valence-electron chi connectivity index (χ2n) is 6.27. The maximum absolute atomic E-state index is 12.3. The first-order valence-corrected chi connectivity index (χ1v) is 9.46. The van der Waals surface area contributed by atoms with E-state index in [-0.39, 0.29) is 6.03 Å². The minimum absolute atomic E-state index is 0.120. The lowest BCUT2D eigenvalue weighted by Crippen LogP contribution is -2.44. The van der Waals surface area contributed by atoms with E-state index in [2.05, 4.69) is 23.2 Å². The standard InChI is InChI=1S/C17H25N3O2S/c1-13-11-14(4-5-16(13)19-7-9-23-10-8-19)18-17(22)20-6-2-3-15(21)12-20/h4-5,11,15,21H,2-3,6-10,12H2,1H3,(H,18,22)/t15-/m0/s1. The number of hydrogen-bond acceptors (Lipinski definition) is 4. The third-order valence-corrected chi connectivity index (χ3v) is 5.43. The Morgan fingerprint density at radius 1 is 1.30 bits per heavy atom. The molecule has 3 rings (SSSR count). The number of hydrogen-bond donors (Lipinski definition) is 2. The molecule has 1 aromatic carbocycles. The zero-order valence-corrected chi connectivity index (χ0v) is 14.4. The Kier molecular flexibility index (Phi) is 5.33. The number of thioether (sulfide) groups is 1. The van der Waals surface area contributed by atoms with Crippen LogP contribution in [0, 0.1) is 6.92 Å². The van der Waals surface area contributed by atoms with Gasteiger partial charge in [-0.05, 0) is 43.5 Å². The molecule has 126 valence electrons. The number of carbonyl (C=O) groups excluding carboxylic acids is 1. The molecule has 0 spiro atoms. The summed E-state index contributed by atoms with van der Waals surface area (Å²) in [6.45, 7) is 5.41. The highest BCUT2D eigenvalue weighted by molar-refractivity contribution is 7.99. The lowest BCUT2D eigenvalue weighted by molar-refractivity contribution is 0.0883. The van der Waals surface area contributed by atoms with Crippen LogP contribution < -0.4 is 10.2 Å². The van der Waals surface area contributed by atoms with Gasteiger partial charge in [-0.1, -0.05) is 0 Å². The van der Waals surface area contributed by atoms with Gasteiger partial charge in [0.25, 0.3) is 0 Å². The third-order valence-electron chi connectivity index (χ3n) is 4.48. The number of aliphatic hydroxyl groups excluding tert-OH is 1. The highest BCUT2D eigenvalue weighted by Crippen LogP contribution is 2.26. The summed E-state index contributed by atoms with van der Waals surface area (Å²) >= 11 is 2.00. The van der Waals surface area contributed by atoms with Gasteiger partial charge in [0.2, 0.25) is 0 Å². The maximum atomic E-state index is 12.3. The highest BCUT2D eigenvalue weighted by atomic mass is 32.2. The second kappa shape index (κ2) is 7.45. The summed E-state index contributed by atoms with van der Waals surface area (Å²) in [4.78, 5) is 16.4. The topological polar surface area (TPSA) is 55.8 Å². The minimum Gasteiger partial charge on any atom is -0.391 e. The average Bonchev–Trinajstić information content (AvgIpc) is 2.56. The molecule has 0 saturated carbocycles. The van der Waals surface area contributed by atoms with Crippen molar-refractivity contribution >= 4 is 29.2 Å². The van der Waals surface area contributed by atoms with E-state index in [4.69, 9.17) is 0 Å². The lowest BCUT2D eigenvalue weighted by atomic mass is 10.1. The molecule has 6 heteroatoms. The summed E-state index contributed by atoms with van der Waals surface area (Å²) in [6, 6.07) is 5.99. The molecule has 1 atom stereocenters. The number of nitrogens with zero attached hydrogens (tertiary/aromatic N) is 2. The first kappa shape index (κ1) is 16.5. The van der Waals surface area contributed by atoms with Crippen LogP contribution in [0.5, 0.6) is 0 Å². The molecule has 2 N–H and O–H groups in total. The molecule has 1 aromatic rings. The van der Waals surface area contributed by atoms with Crippen molar-refractivity contribution in [1.29, 1.82) is 0 Å². The quantitative estimate of drug-likeness (QED) is 0.872. The van der Waals surface area contributed by atoms with E-state index < -0.39 is 6.10 Å². The summed E-state index contributed by atoms with van der Waals surface area (Å²) in [6.07, 6.45) is 1.25. The van der Waals surface area contributed by atoms with Crippen molar-refractivity contribution in [3.63, 3.8) is 0 Å². The Morgan fingerprint density at radius 2 is 2.09 bits per heavy atom. The largest absolute Gasteiger partial charge is 0.391 e. The van der Waals surface area contributed by atoms with Crippen molar-refractivity contribution in [3.05, 3.63) is 23.8 Å². The van der Waals surface area contributed by atoms with Gasteiger partial charge in [-0.3, -0.25) is 0 Å². The lowest BCUT2D eigenvalue weighted by Gasteiger charge is -2.31. The van der Waals surface area contributed by atoms with Gasteiger partial charge in [-0.15, -0.1) is 0 Å². The highest BCUT2D eigenvalue weighted by Gasteiger charge is 2.22. The number of benzene rings is 1. The SMILES string of the molecule is Cc1cc(NC(=O)N2CCC[C@H](O)C2)ccc1N1CCSCC1. The molecule has 2 aliphatic heterocycles. The van der Waals surface area contributed by atoms with Gasteiger partial charge >= 0.3 is 6.03 Å². The smallest absolute Gasteiger partial charge is 0.321 e. The molecule has 5 nitrogen and oxygen atoms in total. The number of β-amino-alcohol motifs (C(OH)–C–C–N with tert-alkyl or cyclic N) is 1. The van der Waals surface area contributed by atoms with Gasteiger partial charge in [-0.2, -0.15) is 11.8 Å². The molecule has 2 saturated heterocycles. The van der Waals surface area contributed by atoms with Crippen LogP contribution in [0.2, 0.25) is 0 Å². The van der Waals surface area contributed by atoms with Gasteiger partial charge in [-0.25, -0.2) is 4.79 Å². The average molecular weight is 335 g/mol. The molecule has 0 bridgehead atoms. The summed E-state index contributed by atoms with van der Waals surface area (Å²) in [5.41, 5.74) is 3.27. The van der Waals surface area contributed by atoms with Crippen LogP contribution in [0.4, 0.5) is 16.2 Å². The number of urea groups is 1. The van der Waals surface area contributed by atoms with E-state index in [0.717, 1.165) is 31.6 Å². The van der Waals surface area contributed by atoms with E-state index in [1.807, 2.05) is 23.9 Å². The molecule has 2 aliphatic rings. The van der Waals surface area contributed by atoms with Crippen molar-refractivity contribution in [1.82, 2.24) is 4.90 Å². The van der Waals surface area contributed by atoms with Gasteiger partial charge in [0.15, 0.2) is 0 Å². The Morgan fingerprint density at radius 3 is 2.78 bits per heavy atom. The van der Waals surface area contributed by atoms with Crippen LogP contribution in [-0.4, -0.2) is 59.8 Å². The minimum atomic E-state index is -0.393. The van der Waals surface area contributed by atoms with Crippen molar-refractivity contribution in [2.24, 2.45) is 0 Å². The summed E-state index contributed by atoms with van der Waals surface area (Å²) in [5.74, 6) is 2.35. The number of likely N-dealkylation sites (tertiary alicyclic amines) is 1. The fourth-order valence-electron chi connectivity index (χ4n) is 3.23. The number of piperidine rings is 1. The number of nitrogens with one attached hydrogen (secondary N) is 1. The number of carbonyl (C=O) groups is 1. The van der Waals surface area contributed by atoms with Gasteiger partial charge < -0.3 is 20.2 Å². The predicted octanol–water partition coefficient (Wildman–Crippen LogP) is 2.54. The van der Waals surface area contributed by atoms with Crippen LogP contribution in [0.25, 0.3) is 0 Å². The van der Waals surface area contributed by atoms with Crippen molar-refractivity contribution < 1.29 is 9.90 Å². The number of rotatable bonds is 2. The zero-order valence-electron chi connectivity index (χ0n) is 13.6. The summed E-state index contributed by atoms with van der Waals surface area (Å²) < 4.78 is 0. The van der Waals surface area contributed by atoms with Crippen molar-refractivity contribution in [3.8, 4) is 0 Å². The Bertz CT molecular complexity index is 561. The van der Waals surface area contributed by atoms with Crippen molar-refractivity contribution in [2.75, 3.05) is 47.9 Å². The number of aryl methyl sites for hydroxylation is 1. The summed E-state index contributed by atoms with van der Waals surface area (Å²) in [7, 11) is 0. The summed E-state index contributed by atoms with van der Waals surface area (Å²) in [5, 5.41) is 12.6. The zero-order chi connectivity index (χ0) is 16.2. The second-order valence-corrected chi connectivity index (χ2v) is 7.50. The van der Waals surface area contributed by atoms with Gasteiger partial charge in [0.1, 0.15) is 0 Å². The Balaban J connectivity index is 1.64. The number of anilines is 2. The van der Waals surface area contributed by atoms with Crippen LogP contribution in [0.15, 0.2) is 18.2 Å². The van der Waals surface area contributed by atoms with Crippen LogP contribution in [0.1, 0.15) is 18.4 Å². The monoisotopic (exact) mass is 335 g/mol. The fraction of sp³-hybridized carbons (Fsp3) is 0.588. The predicted molar refractivity (Wildman–Crippen MR) is 96.5 cm³/mol. The first-order valence-electron chi connectivity index (χ1n) is 8.31. The van der Waals surface area contributed by atoms with E-state index in [9.17, 15) is 9.90 Å². The molecule has 0 aromatic heterocycles. The molecular formula is C17H25N3O2S.